The van der Waals surface area contributed by atoms with Crippen LogP contribution in [0.4, 0.5) is 18.9 Å². The van der Waals surface area contributed by atoms with Crippen molar-refractivity contribution in [1.29, 1.82) is 0 Å². The van der Waals surface area contributed by atoms with E-state index < -0.39 is 16.9 Å². The third-order valence-corrected chi connectivity index (χ3v) is 6.93. The lowest BCUT2D eigenvalue weighted by atomic mass is 10.0. The average Bonchev–Trinajstić information content (AvgIpc) is 3.07. The second kappa shape index (κ2) is 10.2. The number of methoxy groups -OCH3 is 1. The molecule has 1 amide bonds. The second-order valence-electron chi connectivity index (χ2n) is 8.46. The summed E-state index contributed by atoms with van der Waals surface area (Å²) < 4.78 is 45.6. The van der Waals surface area contributed by atoms with Gasteiger partial charge in [0, 0.05) is 44.0 Å². The summed E-state index contributed by atoms with van der Waals surface area (Å²) >= 11 is 12.2. The van der Waals surface area contributed by atoms with Gasteiger partial charge in [-0.15, -0.1) is 0 Å². The molecule has 188 valence electrons. The number of alkyl halides is 3. The van der Waals surface area contributed by atoms with E-state index in [9.17, 15) is 18.0 Å². The first-order valence-electron chi connectivity index (χ1n) is 10.7. The Morgan fingerprint density at radius 1 is 1.21 bits per heavy atom. The summed E-state index contributed by atoms with van der Waals surface area (Å²) in [6, 6.07) is 3.90. The Balaban J connectivity index is 1.74. The van der Waals surface area contributed by atoms with Gasteiger partial charge in [-0.25, -0.2) is 0 Å². The number of aromatic nitrogens is 2. The lowest BCUT2D eigenvalue weighted by molar-refractivity contribution is -0.142. The number of hydrogen-bond donors (Lipinski definition) is 0. The molecule has 2 aromatic rings. The van der Waals surface area contributed by atoms with Gasteiger partial charge in [0.05, 0.1) is 22.8 Å². The van der Waals surface area contributed by atoms with Gasteiger partial charge in [0.2, 0.25) is 5.91 Å². The van der Waals surface area contributed by atoms with Gasteiger partial charge >= 0.3 is 6.18 Å². The molecule has 3 rings (SSSR count). The highest BCUT2D eigenvalue weighted by Crippen LogP contribution is 2.38. The van der Waals surface area contributed by atoms with Crippen molar-refractivity contribution in [2.24, 2.45) is 0 Å². The Bertz CT molecular complexity index is 1050. The van der Waals surface area contributed by atoms with E-state index in [0.717, 1.165) is 15.9 Å². The van der Waals surface area contributed by atoms with E-state index in [0.29, 0.717) is 37.0 Å². The van der Waals surface area contributed by atoms with Crippen molar-refractivity contribution in [3.05, 3.63) is 39.1 Å². The first-order chi connectivity index (χ1) is 15.8. The number of amides is 1. The normalized spacial score (nSPS) is 15.7. The van der Waals surface area contributed by atoms with E-state index in [4.69, 9.17) is 27.9 Å². The smallest absolute Gasteiger partial charge is 0.436 e. The first kappa shape index (κ1) is 26.4. The molecule has 12 heteroatoms. The molecule has 0 saturated carbocycles. The number of rotatable bonds is 6. The minimum Gasteiger partial charge on any atom is -0.495 e. The summed E-state index contributed by atoms with van der Waals surface area (Å²) in [5.41, 5.74) is 0.941. The van der Waals surface area contributed by atoms with Crippen molar-refractivity contribution in [2.45, 2.75) is 32.6 Å². The summed E-state index contributed by atoms with van der Waals surface area (Å²) in [7, 11) is 5.53. The molecule has 1 aliphatic heterocycles. The zero-order chi connectivity index (χ0) is 25.4. The molecule has 1 fully saturated rings. The highest BCUT2D eigenvalue weighted by molar-refractivity contribution is 6.32. The predicted molar refractivity (Wildman–Crippen MR) is 126 cm³/mol. The third kappa shape index (κ3) is 5.39. The minimum atomic E-state index is -4.68. The molecule has 34 heavy (non-hydrogen) atoms. The lowest BCUT2D eigenvalue weighted by Crippen LogP contribution is -2.50. The number of carbonyl (C=O) groups excluding carboxylic acids is 1. The van der Waals surface area contributed by atoms with Gasteiger partial charge in [-0.1, -0.05) is 23.2 Å². The van der Waals surface area contributed by atoms with Crippen LogP contribution in [-0.4, -0.2) is 72.9 Å². The van der Waals surface area contributed by atoms with Crippen LogP contribution in [0.1, 0.15) is 29.9 Å². The van der Waals surface area contributed by atoms with Gasteiger partial charge in [-0.3, -0.25) is 9.48 Å². The Kier molecular flexibility index (Phi) is 7.94. The number of hydrogen-bond acceptors (Lipinski definition) is 5. The van der Waals surface area contributed by atoms with E-state index in [1.54, 1.807) is 12.0 Å². The molecule has 1 aromatic heterocycles. The van der Waals surface area contributed by atoms with Gasteiger partial charge in [-0.2, -0.15) is 18.3 Å². The molecule has 1 aromatic carbocycles. The summed E-state index contributed by atoms with van der Waals surface area (Å²) in [6.07, 6.45) is -4.68. The topological polar surface area (TPSA) is 53.8 Å². The zero-order valence-electron chi connectivity index (χ0n) is 19.7. The summed E-state index contributed by atoms with van der Waals surface area (Å²) in [5.74, 6) is 0.252. The number of nitrogens with zero attached hydrogens (tertiary/aromatic N) is 5. The van der Waals surface area contributed by atoms with E-state index >= 15 is 0 Å². The molecule has 1 unspecified atom stereocenters. The fourth-order valence-electron chi connectivity index (χ4n) is 3.89. The summed E-state index contributed by atoms with van der Waals surface area (Å²) in [6.45, 7) is 5.12. The second-order valence-corrected chi connectivity index (χ2v) is 9.24. The fraction of sp³-hybridized carbons (Fsp3) is 0.545. The number of anilines is 1. The third-order valence-electron chi connectivity index (χ3n) is 6.19. The monoisotopic (exact) mass is 521 g/mol. The van der Waals surface area contributed by atoms with Crippen LogP contribution < -0.4 is 9.64 Å². The van der Waals surface area contributed by atoms with Crippen molar-refractivity contribution in [1.82, 2.24) is 19.6 Å². The van der Waals surface area contributed by atoms with Gasteiger partial charge in [0.25, 0.3) is 0 Å². The van der Waals surface area contributed by atoms with E-state index in [1.165, 1.54) is 6.92 Å². The highest BCUT2D eigenvalue weighted by atomic mass is 35.5. The molecule has 0 bridgehead atoms. The number of halogens is 5. The molecular formula is C22H28Cl2F3N5O2. The zero-order valence-corrected chi connectivity index (χ0v) is 21.2. The number of piperazine rings is 1. The van der Waals surface area contributed by atoms with E-state index in [2.05, 4.69) is 21.8 Å². The van der Waals surface area contributed by atoms with Crippen LogP contribution in [0.5, 0.6) is 5.75 Å². The maximum Gasteiger partial charge on any atom is 0.436 e. The molecule has 0 radical (unpaired) electrons. The standard InChI is InChI=1S/C22H28Cl2F3N5O2/c1-13(29(3)4)15-10-16(23)18(34-5)11-17(15)30-6-8-31(9-7-30)19(33)12-32-14(2)20(24)21(28-32)22(25,26)27/h10-11,13H,6-9,12H2,1-5H3. The maximum absolute atomic E-state index is 13.1. The van der Waals surface area contributed by atoms with Crippen LogP contribution in [0.15, 0.2) is 12.1 Å². The van der Waals surface area contributed by atoms with E-state index in [-0.39, 0.29) is 24.2 Å². The van der Waals surface area contributed by atoms with Crippen LogP contribution in [0.2, 0.25) is 10.0 Å². The van der Waals surface area contributed by atoms with Gasteiger partial charge < -0.3 is 19.4 Å². The van der Waals surface area contributed by atoms with Crippen LogP contribution in [-0.2, 0) is 17.5 Å². The maximum atomic E-state index is 13.1. The minimum absolute atomic E-state index is 0.0911. The van der Waals surface area contributed by atoms with Gasteiger partial charge in [0.15, 0.2) is 5.69 Å². The average molecular weight is 522 g/mol. The molecule has 1 atom stereocenters. The van der Waals surface area contributed by atoms with Crippen molar-refractivity contribution < 1.29 is 22.7 Å². The number of benzene rings is 1. The molecule has 0 N–H and O–H groups in total. The molecule has 0 spiro atoms. The Morgan fingerprint density at radius 3 is 2.32 bits per heavy atom. The van der Waals surface area contributed by atoms with Gasteiger partial charge in [0.1, 0.15) is 12.3 Å². The van der Waals surface area contributed by atoms with Crippen LogP contribution in [0, 0.1) is 6.92 Å². The molecular weight excluding hydrogens is 494 g/mol. The van der Waals surface area contributed by atoms with Crippen molar-refractivity contribution in [2.75, 3.05) is 52.3 Å². The van der Waals surface area contributed by atoms with Crippen LogP contribution in [0.3, 0.4) is 0 Å². The quantitative estimate of drug-likeness (QED) is 0.560. The Hall–Kier alpha value is -2.17. The summed E-state index contributed by atoms with van der Waals surface area (Å²) in [4.78, 5) is 18.7. The SMILES string of the molecule is COc1cc(N2CCN(C(=O)Cn3nc(C(F)(F)F)c(Cl)c3C)CC2)c(C(C)N(C)C)cc1Cl. The fourth-order valence-corrected chi connectivity index (χ4v) is 4.38. The van der Waals surface area contributed by atoms with Crippen LogP contribution in [0.25, 0.3) is 0 Å². The Labute approximate surface area is 206 Å². The number of carbonyl (C=O) groups is 1. The first-order valence-corrected chi connectivity index (χ1v) is 11.5. The van der Waals surface area contributed by atoms with Gasteiger partial charge in [-0.05, 0) is 39.6 Å². The lowest BCUT2D eigenvalue weighted by Gasteiger charge is -2.38. The van der Waals surface area contributed by atoms with Crippen LogP contribution >= 0.6 is 23.2 Å². The molecule has 7 nitrogen and oxygen atoms in total. The van der Waals surface area contributed by atoms with Crippen molar-refractivity contribution >= 4 is 34.8 Å². The molecule has 2 heterocycles. The van der Waals surface area contributed by atoms with Crippen molar-refractivity contribution in [3.8, 4) is 5.75 Å². The van der Waals surface area contributed by atoms with Crippen molar-refractivity contribution in [3.63, 3.8) is 0 Å². The Morgan fingerprint density at radius 2 is 1.82 bits per heavy atom. The molecule has 0 aliphatic carbocycles. The molecule has 1 aliphatic rings. The van der Waals surface area contributed by atoms with E-state index in [1.807, 2.05) is 26.2 Å². The number of ether oxygens (including phenoxy) is 1. The highest BCUT2D eigenvalue weighted by Gasteiger charge is 2.38. The summed E-state index contributed by atoms with van der Waals surface area (Å²) in [5, 5.41) is 3.56. The largest absolute Gasteiger partial charge is 0.495 e. The predicted octanol–water partition coefficient (Wildman–Crippen LogP) is 4.50. The molecule has 1 saturated heterocycles.